The zero-order valence-electron chi connectivity index (χ0n) is 18.7. The van der Waals surface area contributed by atoms with Crippen LogP contribution in [0.4, 0.5) is 5.95 Å². The van der Waals surface area contributed by atoms with Gasteiger partial charge in [-0.3, -0.25) is 10.1 Å². The van der Waals surface area contributed by atoms with Crippen LogP contribution in [0.15, 0.2) is 67.0 Å². The van der Waals surface area contributed by atoms with Gasteiger partial charge in [0.2, 0.25) is 11.9 Å². The Morgan fingerprint density at radius 3 is 2.38 bits per heavy atom. The zero-order valence-corrected chi connectivity index (χ0v) is 20.3. The predicted octanol–water partition coefficient (Wildman–Crippen LogP) is 3.81. The monoisotopic (exact) mass is 499 g/mol. The molecule has 1 saturated heterocycles. The van der Waals surface area contributed by atoms with Gasteiger partial charge in [-0.1, -0.05) is 59.6 Å². The summed E-state index contributed by atoms with van der Waals surface area (Å²) in [4.78, 5) is 26.0. The van der Waals surface area contributed by atoms with E-state index in [4.69, 9.17) is 27.9 Å². The van der Waals surface area contributed by atoms with Crippen LogP contribution in [0.5, 0.6) is 0 Å². The first-order chi connectivity index (χ1) is 16.6. The number of piperazine rings is 1. The number of rotatable bonds is 9. The number of nitrogens with one attached hydrogen (secondary N) is 1. The molecule has 1 fully saturated rings. The van der Waals surface area contributed by atoms with E-state index in [-0.39, 0.29) is 12.5 Å². The first-order valence-electron chi connectivity index (χ1n) is 11.2. The van der Waals surface area contributed by atoms with Crippen LogP contribution in [-0.4, -0.2) is 59.6 Å². The van der Waals surface area contributed by atoms with Crippen molar-refractivity contribution >= 4 is 35.1 Å². The number of carbonyl (C=O) groups is 1. The number of nitrogens with zero attached hydrogens (tertiary/aromatic N) is 4. The van der Waals surface area contributed by atoms with Gasteiger partial charge in [-0.05, 0) is 29.3 Å². The van der Waals surface area contributed by atoms with E-state index in [1.165, 1.54) is 0 Å². The molecular weight excluding hydrogens is 473 g/mol. The number of hydrogen-bond acceptors (Lipinski definition) is 6. The van der Waals surface area contributed by atoms with Crippen molar-refractivity contribution in [1.29, 1.82) is 0 Å². The fourth-order valence-electron chi connectivity index (χ4n) is 3.78. The van der Waals surface area contributed by atoms with E-state index in [0.29, 0.717) is 55.3 Å². The Hall–Kier alpha value is -2.71. The Morgan fingerprint density at radius 2 is 1.68 bits per heavy atom. The maximum absolute atomic E-state index is 13.4. The summed E-state index contributed by atoms with van der Waals surface area (Å²) in [5.74, 6) is 0.719. The minimum absolute atomic E-state index is 0.0266. The highest BCUT2D eigenvalue weighted by Gasteiger charge is 2.28. The summed E-state index contributed by atoms with van der Waals surface area (Å²) >= 11 is 12.1. The first-order valence-corrected chi connectivity index (χ1v) is 12.0. The molecule has 1 unspecified atom stereocenters. The Bertz CT molecular complexity index is 1060. The van der Waals surface area contributed by atoms with Crippen molar-refractivity contribution in [2.45, 2.75) is 19.2 Å². The zero-order chi connectivity index (χ0) is 23.8. The van der Waals surface area contributed by atoms with Crippen LogP contribution < -0.4 is 10.2 Å². The van der Waals surface area contributed by atoms with E-state index in [1.807, 2.05) is 41.3 Å². The normalized spacial score (nSPS) is 14.8. The molecule has 4 rings (SSSR count). The van der Waals surface area contributed by atoms with Crippen LogP contribution in [0.1, 0.15) is 11.1 Å². The minimum Gasteiger partial charge on any atom is -0.375 e. The van der Waals surface area contributed by atoms with Gasteiger partial charge in [-0.15, -0.1) is 0 Å². The second-order valence-corrected chi connectivity index (χ2v) is 8.86. The summed E-state index contributed by atoms with van der Waals surface area (Å²) < 4.78 is 5.93. The third-order valence-electron chi connectivity index (χ3n) is 5.66. The predicted molar refractivity (Wildman–Crippen MR) is 134 cm³/mol. The van der Waals surface area contributed by atoms with Crippen LogP contribution in [0.25, 0.3) is 0 Å². The van der Waals surface area contributed by atoms with Gasteiger partial charge in [-0.25, -0.2) is 9.97 Å². The number of halogens is 2. The molecule has 3 aromatic rings. The average Bonchev–Trinajstić information content (AvgIpc) is 2.89. The summed E-state index contributed by atoms with van der Waals surface area (Å²) in [6.45, 7) is 3.74. The third-order valence-corrected chi connectivity index (χ3v) is 6.40. The molecule has 1 aliphatic heterocycles. The van der Waals surface area contributed by atoms with Crippen molar-refractivity contribution in [3.05, 3.63) is 88.2 Å². The van der Waals surface area contributed by atoms with Gasteiger partial charge in [0.05, 0.1) is 23.3 Å². The van der Waals surface area contributed by atoms with Gasteiger partial charge in [0.15, 0.2) is 0 Å². The largest absolute Gasteiger partial charge is 0.375 e. The number of anilines is 1. The molecule has 0 radical (unpaired) electrons. The Morgan fingerprint density at radius 1 is 0.941 bits per heavy atom. The van der Waals surface area contributed by atoms with Gasteiger partial charge in [0.25, 0.3) is 0 Å². The third kappa shape index (κ3) is 6.67. The smallest absolute Gasteiger partial charge is 0.242 e. The molecule has 2 heterocycles. The van der Waals surface area contributed by atoms with Gasteiger partial charge < -0.3 is 14.5 Å². The average molecular weight is 500 g/mol. The number of aromatic nitrogens is 2. The number of carbonyl (C=O) groups excluding carboxylic acids is 1. The Labute approximate surface area is 209 Å². The lowest BCUT2D eigenvalue weighted by Crippen LogP contribution is -2.55. The van der Waals surface area contributed by atoms with Gasteiger partial charge >= 0.3 is 0 Å². The van der Waals surface area contributed by atoms with Crippen molar-refractivity contribution in [1.82, 2.24) is 20.2 Å². The van der Waals surface area contributed by atoms with Crippen molar-refractivity contribution < 1.29 is 9.53 Å². The van der Waals surface area contributed by atoms with Crippen LogP contribution in [0, 0.1) is 0 Å². The minimum atomic E-state index is -0.470. The quantitative estimate of drug-likeness (QED) is 0.482. The molecule has 178 valence electrons. The summed E-state index contributed by atoms with van der Waals surface area (Å²) in [6, 6.07) is 16.7. The highest BCUT2D eigenvalue weighted by atomic mass is 35.5. The van der Waals surface area contributed by atoms with Crippen molar-refractivity contribution in [2.24, 2.45) is 0 Å². The molecule has 1 aromatic heterocycles. The SMILES string of the molecule is O=C(C(COCc1ccc(Cl)c(Cl)c1)NCc1ccccc1)N1CCN(c2ncccn2)CC1. The molecule has 9 heteroatoms. The first kappa shape index (κ1) is 24.4. The molecule has 0 spiro atoms. The van der Waals surface area contributed by atoms with Crippen LogP contribution in [0.3, 0.4) is 0 Å². The second-order valence-electron chi connectivity index (χ2n) is 8.04. The molecule has 1 atom stereocenters. The Kier molecular flexibility index (Phi) is 8.71. The molecule has 0 bridgehead atoms. The molecule has 0 aliphatic carbocycles. The molecule has 1 N–H and O–H groups in total. The van der Waals surface area contributed by atoms with E-state index in [0.717, 1.165) is 11.1 Å². The van der Waals surface area contributed by atoms with Crippen LogP contribution in [-0.2, 0) is 22.7 Å². The van der Waals surface area contributed by atoms with Crippen LogP contribution >= 0.6 is 23.2 Å². The maximum Gasteiger partial charge on any atom is 0.242 e. The molecular formula is C25H27Cl2N5O2. The summed E-state index contributed by atoms with van der Waals surface area (Å²) in [5.41, 5.74) is 2.01. The van der Waals surface area contributed by atoms with E-state index in [1.54, 1.807) is 30.6 Å². The Balaban J connectivity index is 1.36. The van der Waals surface area contributed by atoms with Crippen molar-refractivity contribution in [2.75, 3.05) is 37.7 Å². The van der Waals surface area contributed by atoms with Crippen molar-refractivity contribution in [3.8, 4) is 0 Å². The highest BCUT2D eigenvalue weighted by Crippen LogP contribution is 2.23. The lowest BCUT2D eigenvalue weighted by molar-refractivity contribution is -0.135. The van der Waals surface area contributed by atoms with Crippen LogP contribution in [0.2, 0.25) is 10.0 Å². The summed E-state index contributed by atoms with van der Waals surface area (Å²) in [7, 11) is 0. The lowest BCUT2D eigenvalue weighted by atomic mass is 10.2. The molecule has 1 amide bonds. The van der Waals surface area contributed by atoms with Gasteiger partial charge in [0.1, 0.15) is 6.04 Å². The number of amides is 1. The maximum atomic E-state index is 13.4. The number of hydrogen-bond donors (Lipinski definition) is 1. The van der Waals surface area contributed by atoms with Crippen molar-refractivity contribution in [3.63, 3.8) is 0 Å². The topological polar surface area (TPSA) is 70.6 Å². The molecule has 34 heavy (non-hydrogen) atoms. The molecule has 7 nitrogen and oxygen atoms in total. The molecule has 2 aromatic carbocycles. The van der Waals surface area contributed by atoms with E-state index >= 15 is 0 Å². The van der Waals surface area contributed by atoms with E-state index in [9.17, 15) is 4.79 Å². The van der Waals surface area contributed by atoms with Gasteiger partial charge in [-0.2, -0.15) is 0 Å². The fourth-order valence-corrected chi connectivity index (χ4v) is 4.10. The van der Waals surface area contributed by atoms with E-state index < -0.39 is 6.04 Å². The summed E-state index contributed by atoms with van der Waals surface area (Å²) in [6.07, 6.45) is 3.46. The fraction of sp³-hybridized carbons (Fsp3) is 0.320. The number of benzene rings is 2. The standard InChI is InChI=1S/C25H27Cl2N5O2/c26-21-8-7-20(15-22(21)27)17-34-18-23(30-16-19-5-2-1-3-6-19)24(33)31-11-13-32(14-12-31)25-28-9-4-10-29-25/h1-10,15,23,30H,11-14,16-18H2. The summed E-state index contributed by atoms with van der Waals surface area (Å²) in [5, 5.41) is 4.37. The number of ether oxygens (including phenoxy) is 1. The van der Waals surface area contributed by atoms with Gasteiger partial charge in [0, 0.05) is 45.1 Å². The second kappa shape index (κ2) is 12.1. The molecule has 0 saturated carbocycles. The lowest BCUT2D eigenvalue weighted by Gasteiger charge is -2.36. The molecule has 1 aliphatic rings. The van der Waals surface area contributed by atoms with E-state index in [2.05, 4.69) is 20.2 Å². The highest BCUT2D eigenvalue weighted by molar-refractivity contribution is 6.42.